The molecular weight excluding hydrogens is 332 g/mol. The Morgan fingerprint density at radius 1 is 1.08 bits per heavy atom. The van der Waals surface area contributed by atoms with Crippen LogP contribution < -0.4 is 10.6 Å². The molecule has 0 aliphatic heterocycles. The minimum Gasteiger partial charge on any atom is -0.332 e. The van der Waals surface area contributed by atoms with Gasteiger partial charge in [0.25, 0.3) is 0 Å². The zero-order valence-corrected chi connectivity index (χ0v) is 13.5. The zero-order chi connectivity index (χ0) is 17.1. The lowest BCUT2D eigenvalue weighted by Crippen LogP contribution is -2.05. The van der Waals surface area contributed by atoms with Crippen LogP contribution in [-0.2, 0) is 4.79 Å². The van der Waals surface area contributed by atoms with Gasteiger partial charge in [-0.1, -0.05) is 0 Å². The first-order chi connectivity index (χ1) is 11.5. The summed E-state index contributed by atoms with van der Waals surface area (Å²) in [5.74, 6) is -1.41. The number of carbonyl (C=O) groups is 1. The average molecular weight is 345 g/mol. The number of hydrogen-bond acceptors (Lipinski definition) is 4. The standard InChI is InChI=1S/C17H13F2N3OS/c1-10(23)20-12-3-5-13(6-4-12)21-17-22-16(9-24-17)14-7-2-11(18)8-15(14)19/h2-9H,1H3,(H,20,23)(H,21,22). The van der Waals surface area contributed by atoms with Crippen LogP contribution >= 0.6 is 11.3 Å². The molecule has 3 aromatic rings. The number of carbonyl (C=O) groups excluding carboxylic acids is 1. The molecule has 0 saturated heterocycles. The molecule has 0 fully saturated rings. The van der Waals surface area contributed by atoms with Crippen LogP contribution in [0.3, 0.4) is 0 Å². The first-order valence-electron chi connectivity index (χ1n) is 7.07. The molecule has 1 aromatic heterocycles. The molecule has 1 amide bonds. The van der Waals surface area contributed by atoms with Gasteiger partial charge in [0, 0.05) is 35.3 Å². The molecule has 1 heterocycles. The van der Waals surface area contributed by atoms with Gasteiger partial charge in [0.05, 0.1) is 5.69 Å². The molecule has 0 aliphatic carbocycles. The van der Waals surface area contributed by atoms with Crippen molar-refractivity contribution >= 4 is 33.8 Å². The molecule has 7 heteroatoms. The fourth-order valence-corrected chi connectivity index (χ4v) is 2.85. The smallest absolute Gasteiger partial charge is 0.221 e. The van der Waals surface area contributed by atoms with Gasteiger partial charge in [-0.2, -0.15) is 0 Å². The third-order valence-corrected chi connectivity index (χ3v) is 3.93. The van der Waals surface area contributed by atoms with Crippen LogP contribution in [-0.4, -0.2) is 10.9 Å². The Kier molecular flexibility index (Phi) is 4.52. The SMILES string of the molecule is CC(=O)Nc1ccc(Nc2nc(-c3ccc(F)cc3F)cs2)cc1. The molecule has 0 atom stereocenters. The van der Waals surface area contributed by atoms with Gasteiger partial charge >= 0.3 is 0 Å². The average Bonchev–Trinajstić information content (AvgIpc) is 2.97. The van der Waals surface area contributed by atoms with Crippen molar-refractivity contribution in [2.24, 2.45) is 0 Å². The molecule has 2 aromatic carbocycles. The van der Waals surface area contributed by atoms with Crippen LogP contribution in [0.1, 0.15) is 6.92 Å². The predicted octanol–water partition coefficient (Wildman–Crippen LogP) is 4.79. The van der Waals surface area contributed by atoms with Crippen molar-refractivity contribution in [2.75, 3.05) is 10.6 Å². The molecule has 0 radical (unpaired) electrons. The summed E-state index contributed by atoms with van der Waals surface area (Å²) in [4.78, 5) is 15.3. The normalized spacial score (nSPS) is 10.5. The van der Waals surface area contributed by atoms with Crippen molar-refractivity contribution in [3.8, 4) is 11.3 Å². The molecule has 0 bridgehead atoms. The van der Waals surface area contributed by atoms with Crippen LogP contribution in [0.15, 0.2) is 47.8 Å². The Morgan fingerprint density at radius 2 is 1.79 bits per heavy atom. The molecule has 2 N–H and O–H groups in total. The number of thiazole rings is 1. The second-order valence-corrected chi connectivity index (χ2v) is 5.90. The highest BCUT2D eigenvalue weighted by atomic mass is 32.1. The van der Waals surface area contributed by atoms with Gasteiger partial charge in [-0.25, -0.2) is 13.8 Å². The molecule has 0 unspecified atom stereocenters. The molecule has 0 spiro atoms. The van der Waals surface area contributed by atoms with Gasteiger partial charge in [-0.05, 0) is 36.4 Å². The number of amides is 1. The Morgan fingerprint density at radius 3 is 2.46 bits per heavy atom. The van der Waals surface area contributed by atoms with Crippen molar-refractivity contribution in [1.29, 1.82) is 0 Å². The van der Waals surface area contributed by atoms with Crippen molar-refractivity contribution < 1.29 is 13.6 Å². The molecule has 3 rings (SSSR count). The summed E-state index contributed by atoms with van der Waals surface area (Å²) in [5, 5.41) is 8.07. The van der Waals surface area contributed by atoms with Gasteiger partial charge in [-0.3, -0.25) is 4.79 Å². The number of nitrogens with zero attached hydrogens (tertiary/aromatic N) is 1. The van der Waals surface area contributed by atoms with Crippen molar-refractivity contribution in [2.45, 2.75) is 6.92 Å². The number of hydrogen-bond donors (Lipinski definition) is 2. The number of aromatic nitrogens is 1. The monoisotopic (exact) mass is 345 g/mol. The third kappa shape index (κ3) is 3.75. The third-order valence-electron chi connectivity index (χ3n) is 3.17. The Bertz CT molecular complexity index is 878. The first-order valence-corrected chi connectivity index (χ1v) is 7.95. The van der Waals surface area contributed by atoms with E-state index in [1.54, 1.807) is 29.6 Å². The molecule has 4 nitrogen and oxygen atoms in total. The lowest BCUT2D eigenvalue weighted by Gasteiger charge is -2.05. The highest BCUT2D eigenvalue weighted by molar-refractivity contribution is 7.14. The van der Waals surface area contributed by atoms with E-state index in [2.05, 4.69) is 15.6 Å². The second kappa shape index (κ2) is 6.76. The lowest BCUT2D eigenvalue weighted by atomic mass is 10.1. The maximum atomic E-state index is 13.8. The Hall–Kier alpha value is -2.80. The van der Waals surface area contributed by atoms with Gasteiger partial charge in [-0.15, -0.1) is 11.3 Å². The first kappa shape index (κ1) is 16.1. The van der Waals surface area contributed by atoms with Crippen molar-refractivity contribution in [3.05, 3.63) is 59.5 Å². The molecule has 0 saturated carbocycles. The van der Waals surface area contributed by atoms with Gasteiger partial charge < -0.3 is 10.6 Å². The summed E-state index contributed by atoms with van der Waals surface area (Å²) in [6, 6.07) is 10.5. The van der Waals surface area contributed by atoms with E-state index >= 15 is 0 Å². The van der Waals surface area contributed by atoms with E-state index in [0.29, 0.717) is 16.5 Å². The van der Waals surface area contributed by atoms with Crippen molar-refractivity contribution in [3.63, 3.8) is 0 Å². The van der Waals surface area contributed by atoms with Crippen LogP contribution in [0.2, 0.25) is 0 Å². The molecular formula is C17H13F2N3OS. The predicted molar refractivity (Wildman–Crippen MR) is 91.5 cm³/mol. The van der Waals surface area contributed by atoms with E-state index in [0.717, 1.165) is 11.8 Å². The van der Waals surface area contributed by atoms with E-state index < -0.39 is 11.6 Å². The van der Waals surface area contributed by atoms with E-state index in [9.17, 15) is 13.6 Å². The maximum Gasteiger partial charge on any atom is 0.221 e. The second-order valence-electron chi connectivity index (χ2n) is 5.05. The number of rotatable bonds is 4. The Balaban J connectivity index is 1.75. The summed E-state index contributed by atoms with van der Waals surface area (Å²) in [6.45, 7) is 1.44. The molecule has 24 heavy (non-hydrogen) atoms. The molecule has 0 aliphatic rings. The van der Waals surface area contributed by atoms with Crippen LogP contribution in [0.25, 0.3) is 11.3 Å². The van der Waals surface area contributed by atoms with Crippen LogP contribution in [0, 0.1) is 11.6 Å². The highest BCUT2D eigenvalue weighted by Crippen LogP contribution is 2.29. The lowest BCUT2D eigenvalue weighted by molar-refractivity contribution is -0.114. The van der Waals surface area contributed by atoms with E-state index in [1.807, 2.05) is 0 Å². The minimum absolute atomic E-state index is 0.137. The summed E-state index contributed by atoms with van der Waals surface area (Å²) in [6.07, 6.45) is 0. The number of nitrogens with one attached hydrogen (secondary N) is 2. The van der Waals surface area contributed by atoms with Crippen LogP contribution in [0.5, 0.6) is 0 Å². The summed E-state index contributed by atoms with van der Waals surface area (Å²) >= 11 is 1.31. The number of halogens is 2. The van der Waals surface area contributed by atoms with E-state index in [-0.39, 0.29) is 11.5 Å². The van der Waals surface area contributed by atoms with Gasteiger partial charge in [0.2, 0.25) is 5.91 Å². The van der Waals surface area contributed by atoms with Gasteiger partial charge in [0.1, 0.15) is 11.6 Å². The van der Waals surface area contributed by atoms with Crippen molar-refractivity contribution in [1.82, 2.24) is 4.98 Å². The quantitative estimate of drug-likeness (QED) is 0.715. The fraction of sp³-hybridized carbons (Fsp3) is 0.0588. The summed E-state index contributed by atoms with van der Waals surface area (Å²) < 4.78 is 26.8. The summed E-state index contributed by atoms with van der Waals surface area (Å²) in [5.41, 5.74) is 2.17. The maximum absolute atomic E-state index is 13.8. The Labute approximate surface area is 141 Å². The van der Waals surface area contributed by atoms with E-state index in [4.69, 9.17) is 0 Å². The number of anilines is 3. The topological polar surface area (TPSA) is 54.0 Å². The number of benzene rings is 2. The summed E-state index contributed by atoms with van der Waals surface area (Å²) in [7, 11) is 0. The van der Waals surface area contributed by atoms with E-state index in [1.165, 1.54) is 30.4 Å². The highest BCUT2D eigenvalue weighted by Gasteiger charge is 2.10. The fourth-order valence-electron chi connectivity index (χ4n) is 2.12. The van der Waals surface area contributed by atoms with Gasteiger partial charge in [0.15, 0.2) is 5.13 Å². The van der Waals surface area contributed by atoms with Crippen LogP contribution in [0.4, 0.5) is 25.3 Å². The minimum atomic E-state index is -0.647. The zero-order valence-electron chi connectivity index (χ0n) is 12.6. The largest absolute Gasteiger partial charge is 0.332 e. The molecule has 122 valence electrons.